The Bertz CT molecular complexity index is 708. The molecule has 1 heterocycles. The molecule has 8 nitrogen and oxygen atoms in total. The van der Waals surface area contributed by atoms with Gasteiger partial charge in [0.1, 0.15) is 6.54 Å². The van der Waals surface area contributed by atoms with Crippen LogP contribution < -0.4 is 10.0 Å². The third kappa shape index (κ3) is 4.83. The molecule has 1 fully saturated rings. The minimum atomic E-state index is -3.64. The molecule has 1 aliphatic rings. The summed E-state index contributed by atoms with van der Waals surface area (Å²) in [4.78, 5) is 26.5. The number of nitrogens with one attached hydrogen (secondary N) is 2. The van der Waals surface area contributed by atoms with E-state index in [0.29, 0.717) is 18.1 Å². The highest BCUT2D eigenvalue weighted by molar-refractivity contribution is 7.89. The summed E-state index contributed by atoms with van der Waals surface area (Å²) in [5, 5.41) is 3.03. The molecule has 1 saturated heterocycles. The fourth-order valence-electron chi connectivity index (χ4n) is 2.16. The molecule has 0 saturated carbocycles. The third-order valence-electron chi connectivity index (χ3n) is 3.50. The summed E-state index contributed by atoms with van der Waals surface area (Å²) in [6.07, 6.45) is 0. The fraction of sp³-hybridized carbons (Fsp3) is 0.429. The second kappa shape index (κ2) is 7.82. The number of benzene rings is 1. The van der Waals surface area contributed by atoms with E-state index < -0.39 is 10.0 Å². The zero-order chi connectivity index (χ0) is 17.7. The molecule has 0 radical (unpaired) electrons. The maximum atomic E-state index is 12.0. The topological polar surface area (TPSA) is 98.8 Å². The van der Waals surface area contributed by atoms with Crippen molar-refractivity contribution in [1.29, 1.82) is 0 Å². The molecule has 1 aromatic carbocycles. The Kier molecular flexibility index (Phi) is 6.03. The first-order valence-electron chi connectivity index (χ1n) is 7.31. The minimum Gasteiger partial charge on any atom is -0.353 e. The Hall–Kier alpha value is -1.84. The van der Waals surface area contributed by atoms with E-state index >= 15 is 0 Å². The van der Waals surface area contributed by atoms with Gasteiger partial charge in [0.05, 0.1) is 4.90 Å². The first-order valence-corrected chi connectivity index (χ1v) is 9.18. The lowest BCUT2D eigenvalue weighted by molar-refractivity contribution is -0.121. The number of likely N-dealkylation sites (N-methyl/N-ethyl adjacent to an activating group) is 1. The summed E-state index contributed by atoms with van der Waals surface area (Å²) in [5.74, 6) is -0.329. The smallest absolute Gasteiger partial charge is 0.320 e. The number of rotatable bonds is 7. The van der Waals surface area contributed by atoms with E-state index in [1.807, 2.05) is 0 Å². The monoisotopic (exact) mass is 374 g/mol. The Labute approximate surface area is 145 Å². The predicted octanol–water partition coefficient (Wildman–Crippen LogP) is 0.102. The standard InChI is InChI=1S/C14H19ClN4O4S/c1-18-8-9-19(14(18)21)10-13(20)16-6-7-17-24(22,23)12-4-2-11(15)3-5-12/h2-5,17H,6-10H2,1H3,(H,16,20). The number of hydrogen-bond acceptors (Lipinski definition) is 4. The molecule has 132 valence electrons. The Morgan fingerprint density at radius 3 is 2.46 bits per heavy atom. The zero-order valence-corrected chi connectivity index (χ0v) is 14.7. The van der Waals surface area contributed by atoms with Crippen LogP contribution in [0.25, 0.3) is 0 Å². The molecule has 1 aromatic rings. The molecule has 0 aliphatic carbocycles. The molecule has 2 rings (SSSR count). The molecule has 0 unspecified atom stereocenters. The molecule has 0 aromatic heterocycles. The zero-order valence-electron chi connectivity index (χ0n) is 13.2. The maximum Gasteiger partial charge on any atom is 0.320 e. The van der Waals surface area contributed by atoms with E-state index in [-0.39, 0.29) is 36.5 Å². The van der Waals surface area contributed by atoms with Crippen LogP contribution in [0.5, 0.6) is 0 Å². The number of amides is 3. The number of carbonyl (C=O) groups is 2. The van der Waals surface area contributed by atoms with E-state index in [9.17, 15) is 18.0 Å². The lowest BCUT2D eigenvalue weighted by Gasteiger charge is -2.15. The van der Waals surface area contributed by atoms with Crippen molar-refractivity contribution in [3.05, 3.63) is 29.3 Å². The first kappa shape index (κ1) is 18.5. The van der Waals surface area contributed by atoms with Crippen molar-refractivity contribution in [1.82, 2.24) is 19.8 Å². The van der Waals surface area contributed by atoms with Gasteiger partial charge in [0.25, 0.3) is 0 Å². The van der Waals surface area contributed by atoms with Crippen molar-refractivity contribution in [3.8, 4) is 0 Å². The molecule has 0 spiro atoms. The van der Waals surface area contributed by atoms with Gasteiger partial charge in [0.15, 0.2) is 0 Å². The summed E-state index contributed by atoms with van der Waals surface area (Å²) < 4.78 is 26.4. The van der Waals surface area contributed by atoms with Gasteiger partial charge in [-0.25, -0.2) is 17.9 Å². The van der Waals surface area contributed by atoms with Crippen molar-refractivity contribution >= 4 is 33.6 Å². The molecule has 0 atom stereocenters. The molecule has 24 heavy (non-hydrogen) atoms. The van der Waals surface area contributed by atoms with Gasteiger partial charge in [0.2, 0.25) is 15.9 Å². The highest BCUT2D eigenvalue weighted by Gasteiger charge is 2.26. The Morgan fingerprint density at radius 2 is 1.88 bits per heavy atom. The molecule has 10 heteroatoms. The third-order valence-corrected chi connectivity index (χ3v) is 5.23. The Morgan fingerprint density at radius 1 is 1.21 bits per heavy atom. The molecular weight excluding hydrogens is 356 g/mol. The van der Waals surface area contributed by atoms with E-state index in [0.717, 1.165) is 0 Å². The predicted molar refractivity (Wildman–Crippen MR) is 89.2 cm³/mol. The number of halogens is 1. The quantitative estimate of drug-likeness (QED) is 0.661. The normalized spacial score (nSPS) is 15.0. The van der Waals surface area contributed by atoms with E-state index in [1.54, 1.807) is 7.05 Å². The fourth-order valence-corrected chi connectivity index (χ4v) is 3.32. The summed E-state index contributed by atoms with van der Waals surface area (Å²) in [7, 11) is -1.97. The van der Waals surface area contributed by atoms with Gasteiger partial charge in [-0.15, -0.1) is 0 Å². The summed E-state index contributed by atoms with van der Waals surface area (Å²) >= 11 is 5.72. The van der Waals surface area contributed by atoms with Gasteiger partial charge >= 0.3 is 6.03 Å². The minimum absolute atomic E-state index is 0.0346. The molecule has 2 N–H and O–H groups in total. The average Bonchev–Trinajstić information content (AvgIpc) is 2.84. The molecular formula is C14H19ClN4O4S. The van der Waals surface area contributed by atoms with Gasteiger partial charge in [-0.1, -0.05) is 11.6 Å². The molecule has 0 bridgehead atoms. The highest BCUT2D eigenvalue weighted by atomic mass is 35.5. The summed E-state index contributed by atoms with van der Waals surface area (Å²) in [6, 6.07) is 5.59. The number of urea groups is 1. The number of hydrogen-bond donors (Lipinski definition) is 2. The van der Waals surface area contributed by atoms with Gasteiger partial charge in [-0.05, 0) is 24.3 Å². The van der Waals surface area contributed by atoms with Crippen molar-refractivity contribution in [3.63, 3.8) is 0 Å². The van der Waals surface area contributed by atoms with Crippen LogP contribution in [0.3, 0.4) is 0 Å². The first-order chi connectivity index (χ1) is 11.3. The van der Waals surface area contributed by atoms with Crippen LogP contribution >= 0.6 is 11.6 Å². The number of sulfonamides is 1. The van der Waals surface area contributed by atoms with E-state index in [4.69, 9.17) is 11.6 Å². The van der Waals surface area contributed by atoms with E-state index in [2.05, 4.69) is 10.0 Å². The van der Waals surface area contributed by atoms with Gasteiger partial charge in [0, 0.05) is 38.2 Å². The van der Waals surface area contributed by atoms with Crippen LogP contribution in [0.4, 0.5) is 4.79 Å². The maximum absolute atomic E-state index is 12.0. The van der Waals surface area contributed by atoms with Crippen LogP contribution in [0, 0.1) is 0 Å². The van der Waals surface area contributed by atoms with Crippen molar-refractivity contribution in [2.45, 2.75) is 4.90 Å². The average molecular weight is 375 g/mol. The van der Waals surface area contributed by atoms with Crippen LogP contribution in [-0.2, 0) is 14.8 Å². The number of nitrogens with zero attached hydrogens (tertiary/aromatic N) is 2. The summed E-state index contributed by atoms with van der Waals surface area (Å²) in [5.41, 5.74) is 0. The van der Waals surface area contributed by atoms with Crippen LogP contribution in [0.15, 0.2) is 29.2 Å². The lowest BCUT2D eigenvalue weighted by atomic mass is 10.4. The van der Waals surface area contributed by atoms with Crippen LogP contribution in [0.1, 0.15) is 0 Å². The highest BCUT2D eigenvalue weighted by Crippen LogP contribution is 2.13. The SMILES string of the molecule is CN1CCN(CC(=O)NCCNS(=O)(=O)c2ccc(Cl)cc2)C1=O. The van der Waals surface area contributed by atoms with Gasteiger partial charge < -0.3 is 15.1 Å². The number of carbonyl (C=O) groups excluding carboxylic acids is 2. The van der Waals surface area contributed by atoms with Crippen LogP contribution in [-0.4, -0.2) is 69.9 Å². The van der Waals surface area contributed by atoms with Crippen molar-refractivity contribution < 1.29 is 18.0 Å². The second-order valence-electron chi connectivity index (χ2n) is 5.33. The second-order valence-corrected chi connectivity index (χ2v) is 7.53. The molecule has 3 amide bonds. The van der Waals surface area contributed by atoms with Gasteiger partial charge in [-0.3, -0.25) is 4.79 Å². The largest absolute Gasteiger partial charge is 0.353 e. The van der Waals surface area contributed by atoms with Crippen molar-refractivity contribution in [2.24, 2.45) is 0 Å². The Balaban J connectivity index is 1.73. The molecule has 1 aliphatic heterocycles. The van der Waals surface area contributed by atoms with E-state index in [1.165, 1.54) is 34.1 Å². The van der Waals surface area contributed by atoms with Gasteiger partial charge in [-0.2, -0.15) is 0 Å². The van der Waals surface area contributed by atoms with Crippen molar-refractivity contribution in [2.75, 3.05) is 39.8 Å². The lowest BCUT2D eigenvalue weighted by Crippen LogP contribution is -2.41. The van der Waals surface area contributed by atoms with Crippen LogP contribution in [0.2, 0.25) is 5.02 Å². The summed E-state index contributed by atoms with van der Waals surface area (Å²) in [6.45, 7) is 1.24.